The lowest BCUT2D eigenvalue weighted by Gasteiger charge is -2.04. The van der Waals surface area contributed by atoms with E-state index in [4.69, 9.17) is 17.3 Å². The number of pyridine rings is 1. The van der Waals surface area contributed by atoms with Crippen LogP contribution in [0.1, 0.15) is 11.3 Å². The van der Waals surface area contributed by atoms with Crippen LogP contribution >= 0.6 is 11.6 Å². The van der Waals surface area contributed by atoms with E-state index in [9.17, 15) is 0 Å². The Hall–Kier alpha value is -1.55. The molecular formula is C11H13ClN4. The number of halogens is 1. The van der Waals surface area contributed by atoms with Gasteiger partial charge in [0.05, 0.1) is 5.69 Å². The first-order valence-corrected chi connectivity index (χ1v) is 5.41. The SMILES string of the molecule is Cn1c(N)nc(Cl)c1CCc1ccncc1. The van der Waals surface area contributed by atoms with Gasteiger partial charge in [-0.25, -0.2) is 4.98 Å². The average molecular weight is 237 g/mol. The molecule has 2 aromatic heterocycles. The molecule has 2 N–H and O–H groups in total. The molecule has 0 unspecified atom stereocenters. The minimum Gasteiger partial charge on any atom is -0.369 e. The molecule has 5 heteroatoms. The number of anilines is 1. The van der Waals surface area contributed by atoms with E-state index in [1.807, 2.05) is 23.7 Å². The molecule has 0 amide bonds. The Kier molecular flexibility index (Phi) is 3.10. The van der Waals surface area contributed by atoms with Crippen LogP contribution in [-0.4, -0.2) is 14.5 Å². The molecule has 16 heavy (non-hydrogen) atoms. The number of nitrogen functional groups attached to an aromatic ring is 1. The lowest BCUT2D eigenvalue weighted by atomic mass is 10.1. The topological polar surface area (TPSA) is 56.7 Å². The average Bonchev–Trinajstić information content (AvgIpc) is 2.53. The molecule has 0 aliphatic rings. The van der Waals surface area contributed by atoms with Crippen LogP contribution in [0.5, 0.6) is 0 Å². The second-order valence-electron chi connectivity index (χ2n) is 3.62. The number of aryl methyl sites for hydroxylation is 1. The minimum atomic E-state index is 0.453. The zero-order valence-corrected chi connectivity index (χ0v) is 9.78. The smallest absolute Gasteiger partial charge is 0.201 e. The molecular weight excluding hydrogens is 224 g/mol. The Balaban J connectivity index is 2.11. The van der Waals surface area contributed by atoms with Crippen LogP contribution in [0.2, 0.25) is 5.15 Å². The Morgan fingerprint density at radius 1 is 1.31 bits per heavy atom. The number of imidazole rings is 1. The zero-order valence-electron chi connectivity index (χ0n) is 9.02. The lowest BCUT2D eigenvalue weighted by molar-refractivity contribution is 0.807. The second-order valence-corrected chi connectivity index (χ2v) is 3.98. The maximum atomic E-state index is 5.99. The molecule has 0 saturated heterocycles. The third kappa shape index (κ3) is 2.17. The van der Waals surface area contributed by atoms with Crippen molar-refractivity contribution in [2.75, 3.05) is 5.73 Å². The molecule has 0 bridgehead atoms. The number of nitrogens with zero attached hydrogens (tertiary/aromatic N) is 3. The van der Waals surface area contributed by atoms with E-state index >= 15 is 0 Å². The van der Waals surface area contributed by atoms with E-state index in [1.54, 1.807) is 12.4 Å². The van der Waals surface area contributed by atoms with E-state index in [2.05, 4.69) is 9.97 Å². The molecule has 84 valence electrons. The lowest BCUT2D eigenvalue weighted by Crippen LogP contribution is -2.03. The van der Waals surface area contributed by atoms with Crippen molar-refractivity contribution < 1.29 is 0 Å². The van der Waals surface area contributed by atoms with Crippen molar-refractivity contribution >= 4 is 17.5 Å². The summed E-state index contributed by atoms with van der Waals surface area (Å²) < 4.78 is 1.82. The fourth-order valence-corrected chi connectivity index (χ4v) is 1.91. The number of hydrogen-bond donors (Lipinski definition) is 1. The van der Waals surface area contributed by atoms with E-state index in [0.29, 0.717) is 11.1 Å². The Morgan fingerprint density at radius 3 is 2.56 bits per heavy atom. The van der Waals surface area contributed by atoms with Gasteiger partial charge in [0.2, 0.25) is 5.95 Å². The van der Waals surface area contributed by atoms with E-state index < -0.39 is 0 Å². The predicted molar refractivity (Wildman–Crippen MR) is 64.3 cm³/mol. The number of nitrogens with two attached hydrogens (primary N) is 1. The first-order valence-electron chi connectivity index (χ1n) is 5.04. The Labute approximate surface area is 99.1 Å². The van der Waals surface area contributed by atoms with Crippen molar-refractivity contribution in [2.24, 2.45) is 7.05 Å². The standard InChI is InChI=1S/C11H13ClN4/c1-16-9(10(12)15-11(16)13)3-2-8-4-6-14-7-5-8/h4-7H,2-3H2,1H3,(H2,13,15). The van der Waals surface area contributed by atoms with Gasteiger partial charge in [0.1, 0.15) is 0 Å². The zero-order chi connectivity index (χ0) is 11.5. The van der Waals surface area contributed by atoms with Gasteiger partial charge in [-0.3, -0.25) is 4.98 Å². The highest BCUT2D eigenvalue weighted by Gasteiger charge is 2.10. The first kappa shape index (κ1) is 11.0. The third-order valence-corrected chi connectivity index (χ3v) is 2.90. The molecule has 2 rings (SSSR count). The number of hydrogen-bond acceptors (Lipinski definition) is 3. The fourth-order valence-electron chi connectivity index (χ4n) is 1.60. The van der Waals surface area contributed by atoms with Gasteiger partial charge in [-0.05, 0) is 30.5 Å². The Bertz CT molecular complexity index is 478. The van der Waals surface area contributed by atoms with Crippen molar-refractivity contribution in [3.8, 4) is 0 Å². The maximum Gasteiger partial charge on any atom is 0.201 e. The fraction of sp³-hybridized carbons (Fsp3) is 0.273. The molecule has 0 radical (unpaired) electrons. The van der Waals surface area contributed by atoms with Crippen molar-refractivity contribution in [3.63, 3.8) is 0 Å². The monoisotopic (exact) mass is 236 g/mol. The van der Waals surface area contributed by atoms with Crippen molar-refractivity contribution in [2.45, 2.75) is 12.8 Å². The van der Waals surface area contributed by atoms with Crippen molar-refractivity contribution in [1.29, 1.82) is 0 Å². The summed E-state index contributed by atoms with van der Waals surface area (Å²) >= 11 is 5.99. The summed E-state index contributed by atoms with van der Waals surface area (Å²) in [6.45, 7) is 0. The van der Waals surface area contributed by atoms with Gasteiger partial charge in [-0.15, -0.1) is 0 Å². The van der Waals surface area contributed by atoms with Gasteiger partial charge in [0.25, 0.3) is 0 Å². The predicted octanol–water partition coefficient (Wildman–Crippen LogP) is 1.84. The normalized spacial score (nSPS) is 10.6. The molecule has 4 nitrogen and oxygen atoms in total. The summed E-state index contributed by atoms with van der Waals surface area (Å²) in [4.78, 5) is 7.99. The molecule has 0 fully saturated rings. The minimum absolute atomic E-state index is 0.453. The number of rotatable bonds is 3. The summed E-state index contributed by atoms with van der Waals surface area (Å²) in [5, 5.41) is 0.494. The Morgan fingerprint density at radius 2 is 2.00 bits per heavy atom. The summed E-state index contributed by atoms with van der Waals surface area (Å²) in [5.41, 5.74) is 7.86. The number of aromatic nitrogens is 3. The van der Waals surface area contributed by atoms with Crippen LogP contribution in [-0.2, 0) is 19.9 Å². The van der Waals surface area contributed by atoms with Gasteiger partial charge < -0.3 is 10.3 Å². The first-order chi connectivity index (χ1) is 7.68. The van der Waals surface area contributed by atoms with E-state index in [-0.39, 0.29) is 0 Å². The molecule has 2 heterocycles. The third-order valence-electron chi connectivity index (χ3n) is 2.60. The summed E-state index contributed by atoms with van der Waals surface area (Å²) in [7, 11) is 1.87. The highest BCUT2D eigenvalue weighted by Crippen LogP contribution is 2.19. The van der Waals surface area contributed by atoms with Gasteiger partial charge in [-0.2, -0.15) is 0 Å². The van der Waals surface area contributed by atoms with Crippen LogP contribution in [0.15, 0.2) is 24.5 Å². The van der Waals surface area contributed by atoms with Crippen LogP contribution in [0.3, 0.4) is 0 Å². The highest BCUT2D eigenvalue weighted by atomic mass is 35.5. The summed E-state index contributed by atoms with van der Waals surface area (Å²) in [6.07, 6.45) is 5.30. The molecule has 0 aromatic carbocycles. The van der Waals surface area contributed by atoms with Crippen molar-refractivity contribution in [1.82, 2.24) is 14.5 Å². The second kappa shape index (κ2) is 4.53. The molecule has 0 atom stereocenters. The van der Waals surface area contributed by atoms with E-state index in [1.165, 1.54) is 5.56 Å². The molecule has 0 spiro atoms. The highest BCUT2D eigenvalue weighted by molar-refractivity contribution is 6.30. The summed E-state index contributed by atoms with van der Waals surface area (Å²) in [6, 6.07) is 3.99. The maximum absolute atomic E-state index is 5.99. The van der Waals surface area contributed by atoms with Crippen LogP contribution in [0.4, 0.5) is 5.95 Å². The molecule has 2 aromatic rings. The van der Waals surface area contributed by atoms with Gasteiger partial charge >= 0.3 is 0 Å². The van der Waals surface area contributed by atoms with Gasteiger partial charge in [0.15, 0.2) is 5.15 Å². The quantitative estimate of drug-likeness (QED) is 0.885. The molecule has 0 saturated carbocycles. The molecule has 0 aliphatic carbocycles. The van der Waals surface area contributed by atoms with Crippen molar-refractivity contribution in [3.05, 3.63) is 40.9 Å². The van der Waals surface area contributed by atoms with Crippen LogP contribution in [0, 0.1) is 0 Å². The van der Waals surface area contributed by atoms with E-state index in [0.717, 1.165) is 18.5 Å². The molecule has 0 aliphatic heterocycles. The van der Waals surface area contributed by atoms with Crippen LogP contribution < -0.4 is 5.73 Å². The van der Waals surface area contributed by atoms with Crippen LogP contribution in [0.25, 0.3) is 0 Å². The summed E-state index contributed by atoms with van der Waals surface area (Å²) in [5.74, 6) is 0.453. The van der Waals surface area contributed by atoms with Gasteiger partial charge in [-0.1, -0.05) is 11.6 Å². The van der Waals surface area contributed by atoms with Gasteiger partial charge in [0, 0.05) is 19.4 Å². The largest absolute Gasteiger partial charge is 0.369 e.